The van der Waals surface area contributed by atoms with Gasteiger partial charge in [0.15, 0.2) is 5.65 Å². The van der Waals surface area contributed by atoms with Gasteiger partial charge in [0.1, 0.15) is 0 Å². The number of nitrogens with zero attached hydrogens (tertiary/aromatic N) is 4. The lowest BCUT2D eigenvalue weighted by Crippen LogP contribution is -2.32. The second-order valence-electron chi connectivity index (χ2n) is 9.17. The van der Waals surface area contributed by atoms with E-state index in [1.54, 1.807) is 6.20 Å². The summed E-state index contributed by atoms with van der Waals surface area (Å²) >= 11 is 0. The van der Waals surface area contributed by atoms with E-state index in [-0.39, 0.29) is 17.9 Å². The molecule has 0 bridgehead atoms. The van der Waals surface area contributed by atoms with Gasteiger partial charge in [0.05, 0.1) is 22.8 Å². The number of aryl methyl sites for hydroxylation is 1. The first kappa shape index (κ1) is 22.6. The highest BCUT2D eigenvalue weighted by molar-refractivity contribution is 6.06. The molecule has 1 aliphatic heterocycles. The molecule has 3 heterocycles. The fraction of sp³-hybridized carbons (Fsp3) is 0.667. The number of likely N-dealkylation sites (tertiary alicyclic amines) is 1. The Labute approximate surface area is 190 Å². The minimum atomic E-state index is -0.130. The first-order valence-corrected chi connectivity index (χ1v) is 12.3. The summed E-state index contributed by atoms with van der Waals surface area (Å²) in [6.07, 6.45) is 12.2. The van der Waals surface area contributed by atoms with Crippen molar-refractivity contribution >= 4 is 28.5 Å². The molecule has 1 aliphatic carbocycles. The monoisotopic (exact) mass is 440 g/mol. The molecule has 8 heteroatoms. The first-order valence-electron chi connectivity index (χ1n) is 12.3. The Kier molecular flexibility index (Phi) is 7.27. The molecule has 0 radical (unpaired) electrons. The Balaban J connectivity index is 1.48. The molecule has 2 amide bonds. The van der Waals surface area contributed by atoms with E-state index in [4.69, 9.17) is 0 Å². The van der Waals surface area contributed by atoms with E-state index in [2.05, 4.69) is 27.6 Å². The second-order valence-corrected chi connectivity index (χ2v) is 9.17. The molecule has 32 heavy (non-hydrogen) atoms. The van der Waals surface area contributed by atoms with E-state index in [0.29, 0.717) is 31.0 Å². The number of rotatable bonds is 9. The predicted octanol–water partition coefficient (Wildman–Crippen LogP) is 3.57. The number of nitrogens with one attached hydrogen (secondary N) is 2. The average molecular weight is 441 g/mol. The van der Waals surface area contributed by atoms with Crippen LogP contribution in [-0.4, -0.2) is 57.2 Å². The molecule has 0 aromatic carbocycles. The van der Waals surface area contributed by atoms with Crippen LogP contribution in [0.5, 0.6) is 0 Å². The predicted molar refractivity (Wildman–Crippen MR) is 126 cm³/mol. The van der Waals surface area contributed by atoms with Crippen molar-refractivity contribution in [2.24, 2.45) is 5.92 Å². The Bertz CT molecular complexity index is 949. The summed E-state index contributed by atoms with van der Waals surface area (Å²) < 4.78 is 1.86. The molecular weight excluding hydrogens is 404 g/mol. The Morgan fingerprint density at radius 3 is 2.75 bits per heavy atom. The highest BCUT2D eigenvalue weighted by Crippen LogP contribution is 2.32. The summed E-state index contributed by atoms with van der Waals surface area (Å²) in [4.78, 5) is 31.3. The van der Waals surface area contributed by atoms with E-state index in [9.17, 15) is 9.59 Å². The van der Waals surface area contributed by atoms with Crippen molar-refractivity contribution in [2.75, 3.05) is 25.0 Å². The number of fused-ring (bicyclic) bond motifs is 1. The van der Waals surface area contributed by atoms with Gasteiger partial charge in [-0.1, -0.05) is 19.3 Å². The van der Waals surface area contributed by atoms with Gasteiger partial charge in [0.25, 0.3) is 5.91 Å². The quantitative estimate of drug-likeness (QED) is 0.582. The minimum Gasteiger partial charge on any atom is -0.381 e. The minimum absolute atomic E-state index is 0.130. The zero-order valence-electron chi connectivity index (χ0n) is 19.4. The van der Waals surface area contributed by atoms with Crippen LogP contribution in [0.25, 0.3) is 11.0 Å². The van der Waals surface area contributed by atoms with Crippen LogP contribution in [0.3, 0.4) is 0 Å². The van der Waals surface area contributed by atoms with Crippen molar-refractivity contribution in [2.45, 2.75) is 77.8 Å². The van der Waals surface area contributed by atoms with Crippen molar-refractivity contribution in [1.29, 1.82) is 0 Å². The SMILES string of the molecule is CCn1ncc2c(N[C@@H](C)C3CCCCC3)c(C(=O)NCCCN3CCCC3=O)cnc21. The molecule has 8 nitrogen and oxygen atoms in total. The zero-order valence-corrected chi connectivity index (χ0v) is 19.4. The first-order chi connectivity index (χ1) is 15.6. The summed E-state index contributed by atoms with van der Waals surface area (Å²) in [5, 5.41) is 12.1. The van der Waals surface area contributed by atoms with E-state index >= 15 is 0 Å². The lowest BCUT2D eigenvalue weighted by Gasteiger charge is -2.29. The number of carbonyl (C=O) groups excluding carboxylic acids is 2. The van der Waals surface area contributed by atoms with Crippen molar-refractivity contribution in [1.82, 2.24) is 25.0 Å². The fourth-order valence-electron chi connectivity index (χ4n) is 5.07. The van der Waals surface area contributed by atoms with Gasteiger partial charge < -0.3 is 15.5 Å². The number of carbonyl (C=O) groups is 2. The average Bonchev–Trinajstić information content (AvgIpc) is 3.43. The van der Waals surface area contributed by atoms with Crippen molar-refractivity contribution < 1.29 is 9.59 Å². The van der Waals surface area contributed by atoms with E-state index in [1.807, 2.05) is 22.7 Å². The molecule has 2 fully saturated rings. The summed E-state index contributed by atoms with van der Waals surface area (Å²) in [5.74, 6) is 0.707. The Morgan fingerprint density at radius 1 is 1.22 bits per heavy atom. The molecule has 2 N–H and O–H groups in total. The van der Waals surface area contributed by atoms with Crippen LogP contribution < -0.4 is 10.6 Å². The number of hydrogen-bond acceptors (Lipinski definition) is 5. The summed E-state index contributed by atoms with van der Waals surface area (Å²) in [7, 11) is 0. The van der Waals surface area contributed by atoms with Crippen LogP contribution in [0.2, 0.25) is 0 Å². The second kappa shape index (κ2) is 10.3. The normalized spacial score (nSPS) is 18.3. The van der Waals surface area contributed by atoms with Gasteiger partial charge in [0, 0.05) is 44.8 Å². The van der Waals surface area contributed by atoms with Crippen LogP contribution in [0, 0.1) is 5.92 Å². The van der Waals surface area contributed by atoms with Crippen molar-refractivity contribution in [3.05, 3.63) is 18.0 Å². The van der Waals surface area contributed by atoms with Crippen molar-refractivity contribution in [3.8, 4) is 0 Å². The Morgan fingerprint density at radius 2 is 2.03 bits per heavy atom. The lowest BCUT2D eigenvalue weighted by atomic mass is 9.84. The molecular formula is C24H36N6O2. The molecule has 174 valence electrons. The Hall–Kier alpha value is -2.64. The van der Waals surface area contributed by atoms with Gasteiger partial charge in [-0.05, 0) is 45.4 Å². The number of pyridine rings is 1. The molecule has 1 atom stereocenters. The van der Waals surface area contributed by atoms with Gasteiger partial charge in [-0.15, -0.1) is 0 Å². The van der Waals surface area contributed by atoms with E-state index < -0.39 is 0 Å². The largest absolute Gasteiger partial charge is 0.381 e. The van der Waals surface area contributed by atoms with Gasteiger partial charge in [-0.3, -0.25) is 9.59 Å². The standard InChI is InChI=1S/C24H36N6O2/c1-3-30-23-19(16-27-30)22(28-17(2)18-9-5-4-6-10-18)20(15-26-23)24(32)25-12-8-14-29-13-7-11-21(29)31/h15-18H,3-14H2,1-2H3,(H,25,32)(H,26,28)/t17-/m0/s1. The molecule has 1 saturated heterocycles. The summed E-state index contributed by atoms with van der Waals surface area (Å²) in [5.41, 5.74) is 2.20. The summed E-state index contributed by atoms with van der Waals surface area (Å²) in [6.45, 7) is 7.06. The maximum absolute atomic E-state index is 13.1. The van der Waals surface area contributed by atoms with E-state index in [1.165, 1.54) is 32.1 Å². The maximum Gasteiger partial charge on any atom is 0.254 e. The fourth-order valence-corrected chi connectivity index (χ4v) is 5.07. The summed E-state index contributed by atoms with van der Waals surface area (Å²) in [6, 6.07) is 0.276. The molecule has 4 rings (SSSR count). The number of aromatic nitrogens is 3. The molecule has 2 aromatic rings. The van der Waals surface area contributed by atoms with Crippen LogP contribution in [0.4, 0.5) is 5.69 Å². The zero-order chi connectivity index (χ0) is 22.5. The molecule has 1 saturated carbocycles. The van der Waals surface area contributed by atoms with Gasteiger partial charge in [-0.25, -0.2) is 9.67 Å². The highest BCUT2D eigenvalue weighted by Gasteiger charge is 2.24. The van der Waals surface area contributed by atoms with Gasteiger partial charge in [0.2, 0.25) is 5.91 Å². The molecule has 2 aromatic heterocycles. The molecule has 2 aliphatic rings. The van der Waals surface area contributed by atoms with Crippen LogP contribution in [0.15, 0.2) is 12.4 Å². The smallest absolute Gasteiger partial charge is 0.254 e. The van der Waals surface area contributed by atoms with Gasteiger partial charge in [-0.2, -0.15) is 5.10 Å². The molecule has 0 unspecified atom stereocenters. The number of hydrogen-bond donors (Lipinski definition) is 2. The number of anilines is 1. The lowest BCUT2D eigenvalue weighted by molar-refractivity contribution is -0.127. The molecule has 0 spiro atoms. The number of amides is 2. The van der Waals surface area contributed by atoms with Gasteiger partial charge >= 0.3 is 0 Å². The van der Waals surface area contributed by atoms with Crippen LogP contribution in [-0.2, 0) is 11.3 Å². The highest BCUT2D eigenvalue weighted by atomic mass is 16.2. The maximum atomic E-state index is 13.1. The third-order valence-electron chi connectivity index (χ3n) is 7.00. The van der Waals surface area contributed by atoms with Crippen LogP contribution >= 0.6 is 0 Å². The van der Waals surface area contributed by atoms with Crippen LogP contribution in [0.1, 0.15) is 75.6 Å². The third kappa shape index (κ3) is 4.89. The third-order valence-corrected chi connectivity index (χ3v) is 7.00. The van der Waals surface area contributed by atoms with E-state index in [0.717, 1.165) is 42.7 Å². The van der Waals surface area contributed by atoms with Crippen molar-refractivity contribution in [3.63, 3.8) is 0 Å². The topological polar surface area (TPSA) is 92.2 Å².